The van der Waals surface area contributed by atoms with Crippen molar-refractivity contribution in [1.82, 2.24) is 15.5 Å². The summed E-state index contributed by atoms with van der Waals surface area (Å²) in [5.41, 5.74) is 1.17. The first kappa shape index (κ1) is 15.6. The van der Waals surface area contributed by atoms with Crippen LogP contribution in [0.4, 0.5) is 0 Å². The molecule has 0 fully saturated rings. The lowest BCUT2D eigenvalue weighted by Gasteiger charge is -2.03. The number of ether oxygens (including phenoxy) is 2. The molecule has 0 aliphatic carbocycles. The number of hydrogen-bond donors (Lipinski definition) is 1. The van der Waals surface area contributed by atoms with Gasteiger partial charge in [0.1, 0.15) is 0 Å². The third-order valence-electron chi connectivity index (χ3n) is 2.85. The zero-order valence-corrected chi connectivity index (χ0v) is 12.2. The van der Waals surface area contributed by atoms with E-state index >= 15 is 0 Å². The molecule has 0 bridgehead atoms. The maximum Gasteiger partial charge on any atom is 0.240 e. The summed E-state index contributed by atoms with van der Waals surface area (Å²) in [7, 11) is 1.66. The number of nitrogens with one attached hydrogen (secondary N) is 1. The SMILES string of the molecule is COCCOCCNCc1nc(Cc2ccccc2)no1. The molecule has 114 valence electrons. The minimum Gasteiger partial charge on any atom is -0.382 e. The van der Waals surface area contributed by atoms with Gasteiger partial charge in [-0.3, -0.25) is 0 Å². The van der Waals surface area contributed by atoms with Crippen molar-refractivity contribution in [3.63, 3.8) is 0 Å². The van der Waals surface area contributed by atoms with Gasteiger partial charge in [0, 0.05) is 20.1 Å². The molecule has 6 heteroatoms. The van der Waals surface area contributed by atoms with Crippen LogP contribution in [-0.2, 0) is 22.4 Å². The fourth-order valence-electron chi connectivity index (χ4n) is 1.80. The molecule has 0 unspecified atom stereocenters. The number of aromatic nitrogens is 2. The maximum absolute atomic E-state index is 5.34. The maximum atomic E-state index is 5.34. The Balaban J connectivity index is 1.64. The number of methoxy groups -OCH3 is 1. The molecule has 1 N–H and O–H groups in total. The Labute approximate surface area is 124 Å². The lowest BCUT2D eigenvalue weighted by molar-refractivity contribution is 0.0717. The highest BCUT2D eigenvalue weighted by Gasteiger charge is 2.06. The van der Waals surface area contributed by atoms with Gasteiger partial charge in [-0.05, 0) is 5.56 Å². The average Bonchev–Trinajstić information content (AvgIpc) is 2.95. The van der Waals surface area contributed by atoms with E-state index in [1.807, 2.05) is 30.3 Å². The standard InChI is InChI=1S/C15H21N3O3/c1-19-9-10-20-8-7-16-12-15-17-14(18-21-15)11-13-5-3-2-4-6-13/h2-6,16H,7-12H2,1H3. The Kier molecular flexibility index (Phi) is 6.87. The van der Waals surface area contributed by atoms with Crippen LogP contribution in [0.25, 0.3) is 0 Å². The monoisotopic (exact) mass is 291 g/mol. The Morgan fingerprint density at radius 3 is 2.81 bits per heavy atom. The molecule has 1 aromatic heterocycles. The van der Waals surface area contributed by atoms with Crippen molar-refractivity contribution in [3.8, 4) is 0 Å². The van der Waals surface area contributed by atoms with Crippen LogP contribution in [0.1, 0.15) is 17.3 Å². The topological polar surface area (TPSA) is 69.4 Å². The minimum atomic E-state index is 0.551. The van der Waals surface area contributed by atoms with Crippen LogP contribution in [-0.4, -0.2) is 43.6 Å². The molecule has 6 nitrogen and oxygen atoms in total. The van der Waals surface area contributed by atoms with Crippen LogP contribution in [0.15, 0.2) is 34.9 Å². The highest BCUT2D eigenvalue weighted by Crippen LogP contribution is 2.06. The van der Waals surface area contributed by atoms with Crippen LogP contribution in [0.3, 0.4) is 0 Å². The van der Waals surface area contributed by atoms with E-state index < -0.39 is 0 Å². The van der Waals surface area contributed by atoms with Crippen molar-refractivity contribution < 1.29 is 14.0 Å². The summed E-state index contributed by atoms with van der Waals surface area (Å²) in [6.07, 6.45) is 0.685. The summed E-state index contributed by atoms with van der Waals surface area (Å²) in [6.45, 7) is 3.15. The second-order valence-corrected chi connectivity index (χ2v) is 4.55. The van der Waals surface area contributed by atoms with Gasteiger partial charge in [0.2, 0.25) is 5.89 Å². The fourth-order valence-corrected chi connectivity index (χ4v) is 1.80. The van der Waals surface area contributed by atoms with Gasteiger partial charge in [0.25, 0.3) is 0 Å². The van der Waals surface area contributed by atoms with Gasteiger partial charge in [-0.2, -0.15) is 4.98 Å². The molecule has 2 rings (SSSR count). The zero-order chi connectivity index (χ0) is 14.8. The Bertz CT molecular complexity index is 502. The molecular weight excluding hydrogens is 270 g/mol. The van der Waals surface area contributed by atoms with Gasteiger partial charge >= 0.3 is 0 Å². The van der Waals surface area contributed by atoms with E-state index in [0.29, 0.717) is 44.5 Å². The van der Waals surface area contributed by atoms with Crippen LogP contribution in [0, 0.1) is 0 Å². The lowest BCUT2D eigenvalue weighted by atomic mass is 10.1. The molecule has 0 spiro atoms. The fraction of sp³-hybridized carbons (Fsp3) is 0.467. The molecule has 0 aliphatic heterocycles. The third-order valence-corrected chi connectivity index (χ3v) is 2.85. The summed E-state index contributed by atoms with van der Waals surface area (Å²) in [6, 6.07) is 10.1. The molecule has 21 heavy (non-hydrogen) atoms. The van der Waals surface area contributed by atoms with Gasteiger partial charge in [-0.1, -0.05) is 35.5 Å². The van der Waals surface area contributed by atoms with Gasteiger partial charge in [-0.15, -0.1) is 0 Å². The molecule has 0 atom stereocenters. The normalized spacial score (nSPS) is 10.9. The van der Waals surface area contributed by atoms with E-state index in [2.05, 4.69) is 15.5 Å². The van der Waals surface area contributed by atoms with Crippen molar-refractivity contribution in [3.05, 3.63) is 47.6 Å². The van der Waals surface area contributed by atoms with Crippen molar-refractivity contribution in [2.45, 2.75) is 13.0 Å². The Hall–Kier alpha value is -1.76. The first-order valence-corrected chi connectivity index (χ1v) is 7.01. The van der Waals surface area contributed by atoms with Gasteiger partial charge in [0.15, 0.2) is 5.82 Å². The number of nitrogens with zero attached hydrogens (tertiary/aromatic N) is 2. The van der Waals surface area contributed by atoms with E-state index in [9.17, 15) is 0 Å². The first-order chi connectivity index (χ1) is 10.4. The Morgan fingerprint density at radius 2 is 2.00 bits per heavy atom. The predicted octanol–water partition coefficient (Wildman–Crippen LogP) is 1.41. The minimum absolute atomic E-state index is 0.551. The van der Waals surface area contributed by atoms with Crippen LogP contribution in [0.5, 0.6) is 0 Å². The van der Waals surface area contributed by atoms with E-state index in [4.69, 9.17) is 14.0 Å². The van der Waals surface area contributed by atoms with E-state index in [1.165, 1.54) is 5.56 Å². The Morgan fingerprint density at radius 1 is 1.14 bits per heavy atom. The summed E-state index contributed by atoms with van der Waals surface area (Å²) in [5.74, 6) is 1.30. The van der Waals surface area contributed by atoms with Crippen LogP contribution < -0.4 is 5.32 Å². The highest BCUT2D eigenvalue weighted by atomic mass is 16.5. The molecule has 2 aromatic rings. The third kappa shape index (κ3) is 6.03. The summed E-state index contributed by atoms with van der Waals surface area (Å²) in [4.78, 5) is 4.35. The van der Waals surface area contributed by atoms with Crippen molar-refractivity contribution in [2.24, 2.45) is 0 Å². The molecular formula is C15H21N3O3. The smallest absolute Gasteiger partial charge is 0.240 e. The number of rotatable bonds is 10. The van der Waals surface area contributed by atoms with E-state index in [1.54, 1.807) is 7.11 Å². The highest BCUT2D eigenvalue weighted by molar-refractivity contribution is 5.18. The van der Waals surface area contributed by atoms with Crippen LogP contribution in [0.2, 0.25) is 0 Å². The summed E-state index contributed by atoms with van der Waals surface area (Å²) in [5, 5.41) is 7.17. The van der Waals surface area contributed by atoms with Gasteiger partial charge < -0.3 is 19.3 Å². The largest absolute Gasteiger partial charge is 0.382 e. The summed E-state index contributed by atoms with van der Waals surface area (Å²) >= 11 is 0. The zero-order valence-electron chi connectivity index (χ0n) is 12.2. The number of hydrogen-bond acceptors (Lipinski definition) is 6. The second kappa shape index (κ2) is 9.23. The molecule has 1 aromatic carbocycles. The molecule has 0 amide bonds. The molecule has 1 heterocycles. The van der Waals surface area contributed by atoms with Crippen LogP contribution >= 0.6 is 0 Å². The summed E-state index contributed by atoms with van der Waals surface area (Å²) < 4.78 is 15.4. The van der Waals surface area contributed by atoms with Gasteiger partial charge in [0.05, 0.1) is 26.4 Å². The lowest BCUT2D eigenvalue weighted by Crippen LogP contribution is -2.20. The molecule has 0 saturated carbocycles. The van der Waals surface area contributed by atoms with E-state index in [-0.39, 0.29) is 0 Å². The van der Waals surface area contributed by atoms with Gasteiger partial charge in [-0.25, -0.2) is 0 Å². The first-order valence-electron chi connectivity index (χ1n) is 7.01. The second-order valence-electron chi connectivity index (χ2n) is 4.55. The molecule has 0 aliphatic rings. The number of benzene rings is 1. The predicted molar refractivity (Wildman–Crippen MR) is 77.9 cm³/mol. The average molecular weight is 291 g/mol. The quantitative estimate of drug-likeness (QED) is 0.668. The molecule has 0 saturated heterocycles. The van der Waals surface area contributed by atoms with Crippen molar-refractivity contribution in [2.75, 3.05) is 33.5 Å². The van der Waals surface area contributed by atoms with E-state index in [0.717, 1.165) is 6.54 Å². The van der Waals surface area contributed by atoms with Crippen molar-refractivity contribution in [1.29, 1.82) is 0 Å². The molecule has 0 radical (unpaired) electrons. The van der Waals surface area contributed by atoms with Crippen molar-refractivity contribution >= 4 is 0 Å².